The van der Waals surface area contributed by atoms with Crippen LogP contribution in [0.25, 0.3) is 11.0 Å². The molecule has 2 heterocycles. The summed E-state index contributed by atoms with van der Waals surface area (Å²) in [7, 11) is -2.29. The van der Waals surface area contributed by atoms with Crippen LogP contribution in [0.3, 0.4) is 0 Å². The molecular weight excluding hydrogens is 699 g/mol. The fourth-order valence-electron chi connectivity index (χ4n) is 6.59. The molecule has 1 aliphatic heterocycles. The number of carbonyl (C=O) groups is 3. The van der Waals surface area contributed by atoms with Gasteiger partial charge in [0, 0.05) is 20.1 Å². The third kappa shape index (κ3) is 8.92. The van der Waals surface area contributed by atoms with Crippen molar-refractivity contribution >= 4 is 45.1 Å². The van der Waals surface area contributed by atoms with E-state index in [1.807, 2.05) is 80.1 Å². The summed E-state index contributed by atoms with van der Waals surface area (Å²) < 4.78 is 30.8. The lowest BCUT2D eigenvalue weighted by molar-refractivity contribution is -0.129. The first-order valence-electron chi connectivity index (χ1n) is 17.5. The number of aryl methyl sites for hydroxylation is 1. The Bertz CT molecular complexity index is 2050. The maximum Gasteiger partial charge on any atom is 0.328 e. The van der Waals surface area contributed by atoms with Crippen molar-refractivity contribution in [2.45, 2.75) is 63.7 Å². The molecule has 5 rings (SSSR count). The lowest BCUT2D eigenvalue weighted by Crippen LogP contribution is -2.57. The van der Waals surface area contributed by atoms with Crippen LogP contribution in [0, 0.1) is 11.8 Å². The number of imidazole rings is 1. The number of nitrogens with zero attached hydrogens (tertiary/aromatic N) is 6. The van der Waals surface area contributed by atoms with E-state index in [0.29, 0.717) is 11.4 Å². The molecule has 1 fully saturated rings. The van der Waals surface area contributed by atoms with Gasteiger partial charge in [0.2, 0.25) is 15.9 Å². The van der Waals surface area contributed by atoms with Crippen LogP contribution in [0.15, 0.2) is 88.9 Å². The average Bonchev–Trinajstić information content (AvgIpc) is 3.58. The second-order valence-electron chi connectivity index (χ2n) is 14.1. The monoisotopic (exact) mass is 745 g/mol. The van der Waals surface area contributed by atoms with E-state index < -0.39 is 52.0 Å². The number of aromatic nitrogens is 2. The molecule has 15 heteroatoms. The van der Waals surface area contributed by atoms with Crippen LogP contribution in [0.2, 0.25) is 0 Å². The number of amides is 4. The molecule has 0 saturated carbocycles. The van der Waals surface area contributed by atoms with Crippen molar-refractivity contribution in [2.24, 2.45) is 24.0 Å². The van der Waals surface area contributed by atoms with Gasteiger partial charge in [0.1, 0.15) is 18.4 Å². The first-order chi connectivity index (χ1) is 25.2. The fraction of sp³-hybridized carbons (Fsp3) is 0.395. The molecule has 0 radical (unpaired) electrons. The molecule has 3 aromatic carbocycles. The summed E-state index contributed by atoms with van der Waals surface area (Å²) in [5, 5.41) is 26.5. The van der Waals surface area contributed by atoms with Gasteiger partial charge in [-0.15, -0.1) is 0 Å². The molecule has 3 N–H and O–H groups in total. The molecule has 1 aromatic heterocycles. The van der Waals surface area contributed by atoms with Crippen molar-refractivity contribution in [3.63, 3.8) is 0 Å². The summed E-state index contributed by atoms with van der Waals surface area (Å²) in [4.78, 5) is 48.3. The van der Waals surface area contributed by atoms with Gasteiger partial charge in [-0.1, -0.05) is 87.4 Å². The first kappa shape index (κ1) is 39.1. The molecule has 53 heavy (non-hydrogen) atoms. The van der Waals surface area contributed by atoms with Crippen molar-refractivity contribution in [3.05, 3.63) is 95.8 Å². The van der Waals surface area contributed by atoms with E-state index >= 15 is 0 Å². The normalized spacial score (nSPS) is 15.7. The van der Waals surface area contributed by atoms with Crippen molar-refractivity contribution < 1.29 is 33.1 Å². The van der Waals surface area contributed by atoms with E-state index in [2.05, 4.69) is 15.5 Å². The highest BCUT2D eigenvalue weighted by Gasteiger charge is 2.45. The third-order valence-corrected chi connectivity index (χ3v) is 11.1. The summed E-state index contributed by atoms with van der Waals surface area (Å²) >= 11 is 0. The number of rotatable bonds is 16. The Balaban J connectivity index is 1.39. The highest BCUT2D eigenvalue weighted by Crippen LogP contribution is 2.24. The Morgan fingerprint density at radius 3 is 2.26 bits per heavy atom. The second-order valence-corrected chi connectivity index (χ2v) is 16.0. The van der Waals surface area contributed by atoms with Crippen LogP contribution in [0.4, 0.5) is 4.79 Å². The van der Waals surface area contributed by atoms with Gasteiger partial charge in [-0.3, -0.25) is 14.5 Å². The van der Waals surface area contributed by atoms with Gasteiger partial charge in [0.25, 0.3) is 5.91 Å². The number of hydrogen-bond acceptors (Lipinski definition) is 9. The maximum atomic E-state index is 14.2. The zero-order chi connectivity index (χ0) is 38.4. The van der Waals surface area contributed by atoms with Crippen molar-refractivity contribution in [3.8, 4) is 0 Å². The Hall–Kier alpha value is -5.12. The standard InChI is InChI=1S/C38H47N7O7S/c1-25(2)21-43(53(51,52)29-17-15-28(16-18-29)20-39-50)22-33(46)31(19-27-11-7-6-8-12-27)41-37(48)36(26(3)4)45-24-35(47)44(38(45)49)23-34-40-30-13-9-10-14-32(30)42(34)5/h6-18,20,25-26,31,33,36,46,50H,19,21-24H2,1-5H3,(H,41,48)/b39-20+/t31-,33+,36-/m0/s1. The number of hydrogen-bond donors (Lipinski definition) is 3. The number of urea groups is 1. The number of fused-ring (bicyclic) bond motifs is 1. The predicted molar refractivity (Wildman–Crippen MR) is 199 cm³/mol. The van der Waals surface area contributed by atoms with E-state index in [4.69, 9.17) is 5.21 Å². The zero-order valence-electron chi connectivity index (χ0n) is 30.5. The van der Waals surface area contributed by atoms with Gasteiger partial charge in [-0.25, -0.2) is 18.2 Å². The third-order valence-electron chi connectivity index (χ3n) is 9.27. The van der Waals surface area contributed by atoms with Gasteiger partial charge >= 0.3 is 6.03 Å². The SMILES string of the molecule is CC(C)CN(C[C@@H](O)[C@H](Cc1ccccc1)NC(=O)[C@H](C(C)C)N1CC(=O)N(Cc2nc3ccccc3n2C)C1=O)S(=O)(=O)c1ccc(/C=N/O)cc1. The van der Waals surface area contributed by atoms with Crippen LogP contribution in [0.5, 0.6) is 0 Å². The van der Waals surface area contributed by atoms with E-state index in [-0.39, 0.29) is 43.4 Å². The van der Waals surface area contributed by atoms with E-state index in [1.54, 1.807) is 13.8 Å². The second kappa shape index (κ2) is 16.7. The molecular formula is C38H47N7O7S. The van der Waals surface area contributed by atoms with Gasteiger partial charge < -0.3 is 25.1 Å². The summed E-state index contributed by atoms with van der Waals surface area (Å²) in [5.41, 5.74) is 2.87. The molecule has 3 atom stereocenters. The quantitative estimate of drug-likeness (QED) is 0.0674. The number of imide groups is 1. The highest BCUT2D eigenvalue weighted by atomic mass is 32.2. The van der Waals surface area contributed by atoms with Crippen LogP contribution >= 0.6 is 0 Å². The Morgan fingerprint density at radius 1 is 0.981 bits per heavy atom. The lowest BCUT2D eigenvalue weighted by atomic mass is 9.97. The van der Waals surface area contributed by atoms with Crippen LogP contribution in [0.1, 0.15) is 44.6 Å². The van der Waals surface area contributed by atoms with Crippen LogP contribution in [-0.2, 0) is 39.6 Å². The van der Waals surface area contributed by atoms with Gasteiger partial charge in [0.15, 0.2) is 0 Å². The number of para-hydroxylation sites is 2. The smallest absolute Gasteiger partial charge is 0.328 e. The Kier molecular flexibility index (Phi) is 12.3. The van der Waals surface area contributed by atoms with Gasteiger partial charge in [0.05, 0.1) is 40.8 Å². The summed E-state index contributed by atoms with van der Waals surface area (Å²) in [6.45, 7) is 6.64. The fourth-order valence-corrected chi connectivity index (χ4v) is 8.21. The van der Waals surface area contributed by atoms with Crippen LogP contribution in [-0.4, -0.2) is 104 Å². The van der Waals surface area contributed by atoms with Crippen molar-refractivity contribution in [1.82, 2.24) is 29.0 Å². The summed E-state index contributed by atoms with van der Waals surface area (Å²) in [5.74, 6) is -1.05. The average molecular weight is 746 g/mol. The first-order valence-corrected chi connectivity index (χ1v) is 19.0. The minimum Gasteiger partial charge on any atom is -0.411 e. The maximum absolute atomic E-state index is 14.2. The Labute approximate surface area is 309 Å². The molecule has 282 valence electrons. The zero-order valence-corrected chi connectivity index (χ0v) is 31.3. The molecule has 1 saturated heterocycles. The summed E-state index contributed by atoms with van der Waals surface area (Å²) in [6, 6.07) is 19.8. The molecule has 14 nitrogen and oxygen atoms in total. The van der Waals surface area contributed by atoms with E-state index in [1.165, 1.54) is 39.7 Å². The molecule has 0 unspecified atom stereocenters. The molecule has 4 amide bonds. The molecule has 1 aliphatic rings. The largest absolute Gasteiger partial charge is 0.411 e. The number of sulfonamides is 1. The number of aliphatic hydroxyl groups is 1. The molecule has 0 bridgehead atoms. The van der Waals surface area contributed by atoms with Crippen molar-refractivity contribution in [2.75, 3.05) is 19.6 Å². The highest BCUT2D eigenvalue weighted by molar-refractivity contribution is 7.89. The molecule has 0 aliphatic carbocycles. The molecule has 4 aromatic rings. The van der Waals surface area contributed by atoms with E-state index in [9.17, 15) is 27.9 Å². The Morgan fingerprint density at radius 2 is 1.64 bits per heavy atom. The number of aliphatic hydroxyl groups excluding tert-OH is 1. The minimum absolute atomic E-state index is 0.00985. The predicted octanol–water partition coefficient (Wildman–Crippen LogP) is 3.61. The number of oxime groups is 1. The lowest BCUT2D eigenvalue weighted by Gasteiger charge is -2.34. The number of benzene rings is 3. The van der Waals surface area contributed by atoms with Crippen LogP contribution < -0.4 is 5.32 Å². The number of nitrogens with one attached hydrogen (secondary N) is 1. The summed E-state index contributed by atoms with van der Waals surface area (Å²) in [6.07, 6.45) is -0.0283. The molecule has 0 spiro atoms. The van der Waals surface area contributed by atoms with Gasteiger partial charge in [-0.05, 0) is 53.6 Å². The number of carbonyl (C=O) groups excluding carboxylic acids is 3. The van der Waals surface area contributed by atoms with Gasteiger partial charge in [-0.2, -0.15) is 4.31 Å². The minimum atomic E-state index is -4.11. The topological polar surface area (TPSA) is 178 Å². The van der Waals surface area contributed by atoms with Crippen molar-refractivity contribution in [1.29, 1.82) is 0 Å². The van der Waals surface area contributed by atoms with E-state index in [0.717, 1.165) is 21.5 Å².